The Morgan fingerprint density at radius 2 is 1.78 bits per heavy atom. The van der Waals surface area contributed by atoms with Gasteiger partial charge in [0.05, 0.1) is 4.47 Å². The van der Waals surface area contributed by atoms with Crippen molar-refractivity contribution in [1.29, 1.82) is 0 Å². The SMILES string of the molecule is Cc1cc(Oc2ccc(Cl)cc2C)c(Br)cc1N. The van der Waals surface area contributed by atoms with Crippen molar-refractivity contribution < 1.29 is 4.74 Å². The highest BCUT2D eigenvalue weighted by atomic mass is 79.9. The number of rotatable bonds is 2. The van der Waals surface area contributed by atoms with Crippen molar-refractivity contribution in [2.24, 2.45) is 0 Å². The smallest absolute Gasteiger partial charge is 0.142 e. The first-order valence-electron chi connectivity index (χ1n) is 5.47. The van der Waals surface area contributed by atoms with E-state index in [0.717, 1.165) is 32.8 Å². The summed E-state index contributed by atoms with van der Waals surface area (Å²) in [6.07, 6.45) is 0. The van der Waals surface area contributed by atoms with E-state index < -0.39 is 0 Å². The van der Waals surface area contributed by atoms with Crippen LogP contribution in [0.15, 0.2) is 34.8 Å². The Labute approximate surface area is 120 Å². The molecular formula is C14H13BrClNO. The molecule has 0 radical (unpaired) electrons. The second-order valence-corrected chi connectivity index (χ2v) is 5.44. The standard InChI is InChI=1S/C14H13BrClNO/c1-8-6-14(11(15)7-12(8)17)18-13-4-3-10(16)5-9(13)2/h3-7H,17H2,1-2H3. The highest BCUT2D eigenvalue weighted by molar-refractivity contribution is 9.10. The molecule has 0 amide bonds. The van der Waals surface area contributed by atoms with Crippen LogP contribution in [0.3, 0.4) is 0 Å². The Morgan fingerprint density at radius 3 is 2.44 bits per heavy atom. The average Bonchev–Trinajstić information content (AvgIpc) is 2.29. The van der Waals surface area contributed by atoms with Gasteiger partial charge in [-0.3, -0.25) is 0 Å². The fraction of sp³-hybridized carbons (Fsp3) is 0.143. The molecule has 0 atom stereocenters. The van der Waals surface area contributed by atoms with Crippen LogP contribution in [0.5, 0.6) is 11.5 Å². The summed E-state index contributed by atoms with van der Waals surface area (Å²) in [7, 11) is 0. The lowest BCUT2D eigenvalue weighted by Crippen LogP contribution is -1.93. The van der Waals surface area contributed by atoms with Gasteiger partial charge in [0.2, 0.25) is 0 Å². The van der Waals surface area contributed by atoms with E-state index in [1.165, 1.54) is 0 Å². The van der Waals surface area contributed by atoms with Crippen molar-refractivity contribution in [2.75, 3.05) is 5.73 Å². The Hall–Kier alpha value is -1.19. The van der Waals surface area contributed by atoms with Crippen LogP contribution in [-0.4, -0.2) is 0 Å². The summed E-state index contributed by atoms with van der Waals surface area (Å²) in [5.74, 6) is 1.52. The number of nitrogen functional groups attached to an aromatic ring is 1. The fourth-order valence-electron chi connectivity index (χ4n) is 1.59. The maximum absolute atomic E-state index is 5.92. The molecule has 2 rings (SSSR count). The van der Waals surface area contributed by atoms with Crippen LogP contribution < -0.4 is 10.5 Å². The van der Waals surface area contributed by atoms with E-state index in [1.807, 2.05) is 44.2 Å². The first kappa shape index (κ1) is 13.2. The fourth-order valence-corrected chi connectivity index (χ4v) is 2.26. The zero-order chi connectivity index (χ0) is 13.3. The summed E-state index contributed by atoms with van der Waals surface area (Å²) in [6.45, 7) is 3.91. The average molecular weight is 327 g/mol. The van der Waals surface area contributed by atoms with E-state index in [0.29, 0.717) is 5.02 Å². The van der Waals surface area contributed by atoms with Gasteiger partial charge >= 0.3 is 0 Å². The van der Waals surface area contributed by atoms with Crippen LogP contribution in [0.2, 0.25) is 5.02 Å². The molecule has 0 heterocycles. The zero-order valence-corrected chi connectivity index (χ0v) is 12.5. The normalized spacial score (nSPS) is 10.4. The highest BCUT2D eigenvalue weighted by Crippen LogP contribution is 2.35. The molecule has 2 aromatic carbocycles. The van der Waals surface area contributed by atoms with Crippen LogP contribution in [0.4, 0.5) is 5.69 Å². The second kappa shape index (κ2) is 5.21. The zero-order valence-electron chi connectivity index (χ0n) is 10.1. The number of aryl methyl sites for hydroxylation is 2. The molecule has 18 heavy (non-hydrogen) atoms. The van der Waals surface area contributed by atoms with Gasteiger partial charge in [-0.05, 0) is 71.2 Å². The summed E-state index contributed by atoms with van der Waals surface area (Å²) >= 11 is 9.36. The van der Waals surface area contributed by atoms with Gasteiger partial charge in [0, 0.05) is 10.7 Å². The van der Waals surface area contributed by atoms with Gasteiger partial charge in [-0.1, -0.05) is 11.6 Å². The minimum atomic E-state index is 0.701. The van der Waals surface area contributed by atoms with Crippen LogP contribution in [0.25, 0.3) is 0 Å². The molecule has 94 valence electrons. The summed E-state index contributed by atoms with van der Waals surface area (Å²) in [4.78, 5) is 0. The molecule has 0 saturated heterocycles. The van der Waals surface area contributed by atoms with E-state index in [4.69, 9.17) is 22.1 Å². The molecule has 0 aliphatic carbocycles. The molecule has 2 aromatic rings. The lowest BCUT2D eigenvalue weighted by atomic mass is 10.2. The van der Waals surface area contributed by atoms with Crippen LogP contribution in [0.1, 0.15) is 11.1 Å². The summed E-state index contributed by atoms with van der Waals surface area (Å²) in [6, 6.07) is 9.29. The maximum Gasteiger partial charge on any atom is 0.142 e. The first-order chi connectivity index (χ1) is 8.47. The Bertz CT molecular complexity index is 599. The molecular weight excluding hydrogens is 314 g/mol. The van der Waals surface area contributed by atoms with E-state index in [9.17, 15) is 0 Å². The largest absolute Gasteiger partial charge is 0.456 e. The number of hydrogen-bond acceptors (Lipinski definition) is 2. The number of anilines is 1. The first-order valence-corrected chi connectivity index (χ1v) is 6.64. The minimum absolute atomic E-state index is 0.701. The van der Waals surface area contributed by atoms with Crippen LogP contribution >= 0.6 is 27.5 Å². The third-order valence-electron chi connectivity index (χ3n) is 2.68. The molecule has 4 heteroatoms. The van der Waals surface area contributed by atoms with Gasteiger partial charge in [-0.2, -0.15) is 0 Å². The van der Waals surface area contributed by atoms with Crippen molar-refractivity contribution >= 4 is 33.2 Å². The number of halogens is 2. The molecule has 2 N–H and O–H groups in total. The van der Waals surface area contributed by atoms with Crippen LogP contribution in [-0.2, 0) is 0 Å². The van der Waals surface area contributed by atoms with Crippen molar-refractivity contribution in [3.05, 3.63) is 51.0 Å². The maximum atomic E-state index is 5.92. The number of ether oxygens (including phenoxy) is 1. The molecule has 0 saturated carbocycles. The molecule has 0 aromatic heterocycles. The van der Waals surface area contributed by atoms with Gasteiger partial charge in [-0.15, -0.1) is 0 Å². The monoisotopic (exact) mass is 325 g/mol. The molecule has 2 nitrogen and oxygen atoms in total. The van der Waals surface area contributed by atoms with E-state index in [-0.39, 0.29) is 0 Å². The van der Waals surface area contributed by atoms with Gasteiger partial charge in [0.15, 0.2) is 0 Å². The summed E-state index contributed by atoms with van der Waals surface area (Å²) in [5.41, 5.74) is 8.54. The van der Waals surface area contributed by atoms with Crippen molar-refractivity contribution in [1.82, 2.24) is 0 Å². The molecule has 0 aliphatic heterocycles. The second-order valence-electron chi connectivity index (χ2n) is 4.15. The lowest BCUT2D eigenvalue weighted by molar-refractivity contribution is 0.475. The molecule has 0 fully saturated rings. The van der Waals surface area contributed by atoms with E-state index in [1.54, 1.807) is 0 Å². The van der Waals surface area contributed by atoms with Gasteiger partial charge in [0.1, 0.15) is 11.5 Å². The number of hydrogen-bond donors (Lipinski definition) is 1. The molecule has 0 unspecified atom stereocenters. The highest BCUT2D eigenvalue weighted by Gasteiger charge is 2.08. The number of benzene rings is 2. The van der Waals surface area contributed by atoms with E-state index >= 15 is 0 Å². The van der Waals surface area contributed by atoms with Crippen molar-refractivity contribution in [3.63, 3.8) is 0 Å². The lowest BCUT2D eigenvalue weighted by Gasteiger charge is -2.12. The summed E-state index contributed by atoms with van der Waals surface area (Å²) < 4.78 is 6.70. The summed E-state index contributed by atoms with van der Waals surface area (Å²) in [5, 5.41) is 0.701. The van der Waals surface area contributed by atoms with Crippen molar-refractivity contribution in [3.8, 4) is 11.5 Å². The topological polar surface area (TPSA) is 35.2 Å². The van der Waals surface area contributed by atoms with Crippen LogP contribution in [0, 0.1) is 13.8 Å². The third kappa shape index (κ3) is 2.79. The van der Waals surface area contributed by atoms with Gasteiger partial charge in [-0.25, -0.2) is 0 Å². The Kier molecular flexibility index (Phi) is 3.83. The Balaban J connectivity index is 2.37. The minimum Gasteiger partial charge on any atom is -0.456 e. The van der Waals surface area contributed by atoms with Gasteiger partial charge < -0.3 is 10.5 Å². The molecule has 0 bridgehead atoms. The van der Waals surface area contributed by atoms with Gasteiger partial charge in [0.25, 0.3) is 0 Å². The molecule has 0 aliphatic rings. The number of nitrogens with two attached hydrogens (primary N) is 1. The third-order valence-corrected chi connectivity index (χ3v) is 3.53. The van der Waals surface area contributed by atoms with E-state index in [2.05, 4.69) is 15.9 Å². The molecule has 0 spiro atoms. The quantitative estimate of drug-likeness (QED) is 0.780. The predicted octanol–water partition coefficient (Wildman–Crippen LogP) is 5.09. The Morgan fingerprint density at radius 1 is 1.06 bits per heavy atom. The van der Waals surface area contributed by atoms with Crippen molar-refractivity contribution in [2.45, 2.75) is 13.8 Å². The predicted molar refractivity (Wildman–Crippen MR) is 79.6 cm³/mol.